The first-order valence-electron chi connectivity index (χ1n) is 5.47. The minimum Gasteiger partial charge on any atom is -0.480 e. The smallest absolute Gasteiger partial charge is 0.328 e. The lowest BCUT2D eigenvalue weighted by Gasteiger charge is -2.32. The van der Waals surface area contributed by atoms with E-state index >= 15 is 0 Å². The molecule has 0 radical (unpaired) electrons. The number of carboxylic acid groups (broad SMARTS) is 1. The second-order valence-corrected chi connectivity index (χ2v) is 5.61. The topological polar surface area (TPSA) is 110 Å². The Kier molecular flexibility index (Phi) is 4.21. The van der Waals surface area contributed by atoms with E-state index in [1.165, 1.54) is 0 Å². The first kappa shape index (κ1) is 14.7. The summed E-state index contributed by atoms with van der Waals surface area (Å²) < 4.78 is 4.91. The average molecular weight is 321 g/mol. The SMILES string of the molecule is O=C(O)C1COCCN1C(=O)c1cc([N+](=O)[O-])c(Cl)s1. The maximum Gasteiger partial charge on any atom is 0.328 e. The molecule has 20 heavy (non-hydrogen) atoms. The average Bonchev–Trinajstić information content (AvgIpc) is 2.80. The molecule has 1 saturated heterocycles. The quantitative estimate of drug-likeness (QED) is 0.662. The number of rotatable bonds is 3. The number of carbonyl (C=O) groups is 2. The number of aliphatic carboxylic acids is 1. The van der Waals surface area contributed by atoms with E-state index < -0.39 is 22.8 Å². The fourth-order valence-electron chi connectivity index (χ4n) is 1.78. The fraction of sp³-hybridized carbons (Fsp3) is 0.400. The van der Waals surface area contributed by atoms with Crippen LogP contribution >= 0.6 is 22.9 Å². The molecular formula is C10H9ClN2O6S. The highest BCUT2D eigenvalue weighted by atomic mass is 35.5. The van der Waals surface area contributed by atoms with Gasteiger partial charge in [0.1, 0.15) is 4.88 Å². The van der Waals surface area contributed by atoms with Crippen LogP contribution in [0.15, 0.2) is 6.07 Å². The molecular weight excluding hydrogens is 312 g/mol. The van der Waals surface area contributed by atoms with Gasteiger partial charge in [-0.05, 0) is 0 Å². The Labute approximate surface area is 121 Å². The van der Waals surface area contributed by atoms with Crippen LogP contribution in [-0.2, 0) is 9.53 Å². The van der Waals surface area contributed by atoms with Crippen molar-refractivity contribution in [2.24, 2.45) is 0 Å². The van der Waals surface area contributed by atoms with Gasteiger partial charge in [-0.15, -0.1) is 11.3 Å². The number of carbonyl (C=O) groups excluding carboxylic acids is 1. The number of morpholine rings is 1. The molecule has 1 fully saturated rings. The minimum absolute atomic E-state index is 0.0369. The van der Waals surface area contributed by atoms with E-state index in [1.54, 1.807) is 0 Å². The van der Waals surface area contributed by atoms with Crippen LogP contribution in [0, 0.1) is 10.1 Å². The molecule has 1 amide bonds. The number of hydrogen-bond acceptors (Lipinski definition) is 6. The molecule has 1 atom stereocenters. The molecule has 0 aromatic carbocycles. The van der Waals surface area contributed by atoms with Crippen molar-refractivity contribution in [1.82, 2.24) is 4.90 Å². The number of halogens is 1. The molecule has 0 aliphatic carbocycles. The number of nitro groups is 1. The van der Waals surface area contributed by atoms with Crippen LogP contribution in [0.4, 0.5) is 5.69 Å². The number of ether oxygens (including phenoxy) is 1. The molecule has 2 heterocycles. The molecule has 1 aromatic rings. The minimum atomic E-state index is -1.18. The summed E-state index contributed by atoms with van der Waals surface area (Å²) in [5, 5.41) is 19.7. The molecule has 0 saturated carbocycles. The van der Waals surface area contributed by atoms with E-state index in [0.717, 1.165) is 22.3 Å². The van der Waals surface area contributed by atoms with Gasteiger partial charge < -0.3 is 14.7 Å². The summed E-state index contributed by atoms with van der Waals surface area (Å²) in [6, 6.07) is -0.0415. The zero-order chi connectivity index (χ0) is 14.9. The maximum absolute atomic E-state index is 12.2. The van der Waals surface area contributed by atoms with E-state index in [9.17, 15) is 19.7 Å². The maximum atomic E-state index is 12.2. The third-order valence-electron chi connectivity index (χ3n) is 2.75. The highest BCUT2D eigenvalue weighted by Gasteiger charge is 2.35. The molecule has 1 N–H and O–H groups in total. The monoisotopic (exact) mass is 320 g/mol. The first-order valence-corrected chi connectivity index (χ1v) is 6.66. The van der Waals surface area contributed by atoms with Gasteiger partial charge in [0.2, 0.25) is 0 Å². The van der Waals surface area contributed by atoms with Crippen molar-refractivity contribution in [2.75, 3.05) is 19.8 Å². The summed E-state index contributed by atoms with van der Waals surface area (Å²) in [4.78, 5) is 34.5. The lowest BCUT2D eigenvalue weighted by Crippen LogP contribution is -2.52. The summed E-state index contributed by atoms with van der Waals surface area (Å²) in [6.07, 6.45) is 0. The molecule has 1 aliphatic rings. The van der Waals surface area contributed by atoms with E-state index in [0.29, 0.717) is 0 Å². The van der Waals surface area contributed by atoms with Gasteiger partial charge in [-0.3, -0.25) is 14.9 Å². The Bertz CT molecular complexity index is 574. The molecule has 2 rings (SSSR count). The van der Waals surface area contributed by atoms with Gasteiger partial charge in [0.15, 0.2) is 10.4 Å². The van der Waals surface area contributed by atoms with Gasteiger partial charge in [-0.2, -0.15) is 0 Å². The van der Waals surface area contributed by atoms with Gasteiger partial charge in [-0.25, -0.2) is 4.79 Å². The molecule has 8 nitrogen and oxygen atoms in total. The zero-order valence-electron chi connectivity index (χ0n) is 9.95. The molecule has 108 valence electrons. The van der Waals surface area contributed by atoms with Crippen LogP contribution in [-0.4, -0.2) is 52.6 Å². The second kappa shape index (κ2) is 5.73. The van der Waals surface area contributed by atoms with E-state index in [4.69, 9.17) is 21.4 Å². The molecule has 1 aromatic heterocycles. The Morgan fingerprint density at radius 2 is 2.30 bits per heavy atom. The second-order valence-electron chi connectivity index (χ2n) is 3.95. The zero-order valence-corrected chi connectivity index (χ0v) is 11.5. The van der Waals surface area contributed by atoms with Gasteiger partial charge in [0, 0.05) is 12.6 Å². The Balaban J connectivity index is 2.27. The predicted octanol–water partition coefficient (Wildman–Crippen LogP) is 1.24. The van der Waals surface area contributed by atoms with E-state index in [-0.39, 0.29) is 34.7 Å². The molecule has 1 unspecified atom stereocenters. The summed E-state index contributed by atoms with van der Waals surface area (Å²) in [5.41, 5.74) is -0.361. The first-order chi connectivity index (χ1) is 9.41. The highest BCUT2D eigenvalue weighted by molar-refractivity contribution is 7.18. The van der Waals surface area contributed by atoms with Crippen LogP contribution in [0.5, 0.6) is 0 Å². The number of nitrogens with zero attached hydrogens (tertiary/aromatic N) is 2. The predicted molar refractivity (Wildman–Crippen MR) is 69.3 cm³/mol. The largest absolute Gasteiger partial charge is 0.480 e. The van der Waals surface area contributed by atoms with Crippen molar-refractivity contribution in [3.63, 3.8) is 0 Å². The normalized spacial score (nSPS) is 18.9. The molecule has 1 aliphatic heterocycles. The third kappa shape index (κ3) is 2.74. The number of carboxylic acids is 1. The van der Waals surface area contributed by atoms with Gasteiger partial charge in [-0.1, -0.05) is 11.6 Å². The van der Waals surface area contributed by atoms with E-state index in [2.05, 4.69) is 0 Å². The summed E-state index contributed by atoms with van der Waals surface area (Å²) >= 11 is 6.44. The Morgan fingerprint density at radius 3 is 2.85 bits per heavy atom. The van der Waals surface area contributed by atoms with Crippen LogP contribution in [0.1, 0.15) is 9.67 Å². The van der Waals surface area contributed by atoms with Crippen LogP contribution in [0.3, 0.4) is 0 Å². The Hall–Kier alpha value is -1.71. The van der Waals surface area contributed by atoms with Gasteiger partial charge in [0.25, 0.3) is 11.6 Å². The Morgan fingerprint density at radius 1 is 1.60 bits per heavy atom. The van der Waals surface area contributed by atoms with Crippen LogP contribution in [0.2, 0.25) is 4.34 Å². The van der Waals surface area contributed by atoms with Crippen molar-refractivity contribution in [3.05, 3.63) is 25.4 Å². The third-order valence-corrected chi connectivity index (χ3v) is 4.08. The van der Waals surface area contributed by atoms with Crippen molar-refractivity contribution >= 4 is 40.5 Å². The van der Waals surface area contributed by atoms with Gasteiger partial charge in [0.05, 0.1) is 18.1 Å². The summed E-state index contributed by atoms with van der Waals surface area (Å²) in [6.45, 7) is 0.220. The lowest BCUT2D eigenvalue weighted by atomic mass is 10.2. The van der Waals surface area contributed by atoms with Crippen molar-refractivity contribution in [2.45, 2.75) is 6.04 Å². The molecule has 0 spiro atoms. The fourth-order valence-corrected chi connectivity index (χ4v) is 2.96. The lowest BCUT2D eigenvalue weighted by molar-refractivity contribution is -0.384. The highest BCUT2D eigenvalue weighted by Crippen LogP contribution is 2.34. The molecule has 10 heteroatoms. The van der Waals surface area contributed by atoms with Crippen LogP contribution in [0.25, 0.3) is 0 Å². The number of hydrogen-bond donors (Lipinski definition) is 1. The standard InChI is InChI=1S/C10H9ClN2O6S/c11-8-5(13(17)18)3-7(20-8)9(14)12-1-2-19-4-6(12)10(15)16/h3,6H,1-2,4H2,(H,15,16). The van der Waals surface area contributed by atoms with Crippen LogP contribution < -0.4 is 0 Å². The van der Waals surface area contributed by atoms with Crippen molar-refractivity contribution in [3.8, 4) is 0 Å². The summed E-state index contributed by atoms with van der Waals surface area (Å²) in [5.74, 6) is -1.78. The van der Waals surface area contributed by atoms with Crippen molar-refractivity contribution in [1.29, 1.82) is 0 Å². The molecule has 0 bridgehead atoms. The van der Waals surface area contributed by atoms with Crippen molar-refractivity contribution < 1.29 is 24.4 Å². The van der Waals surface area contributed by atoms with E-state index in [1.807, 2.05) is 0 Å². The van der Waals surface area contributed by atoms with Gasteiger partial charge >= 0.3 is 5.97 Å². The summed E-state index contributed by atoms with van der Waals surface area (Å²) in [7, 11) is 0. The number of amides is 1. The number of thiophene rings is 1.